The summed E-state index contributed by atoms with van der Waals surface area (Å²) in [5.74, 6) is -0.207. The molecule has 268 valence electrons. The predicted octanol–water partition coefficient (Wildman–Crippen LogP) is 2.73. The summed E-state index contributed by atoms with van der Waals surface area (Å²) >= 11 is 0. The summed E-state index contributed by atoms with van der Waals surface area (Å²) in [6, 6.07) is 13.8. The van der Waals surface area contributed by atoms with Crippen LogP contribution < -0.4 is 5.32 Å². The summed E-state index contributed by atoms with van der Waals surface area (Å²) < 4.78 is 31.5. The van der Waals surface area contributed by atoms with E-state index in [2.05, 4.69) is 20.4 Å². The predicted molar refractivity (Wildman–Crippen MR) is 188 cm³/mol. The van der Waals surface area contributed by atoms with E-state index in [1.54, 1.807) is 16.0 Å². The van der Waals surface area contributed by atoms with Gasteiger partial charge in [-0.05, 0) is 61.4 Å². The topological polar surface area (TPSA) is 151 Å². The molecule has 1 atom stereocenters. The first kappa shape index (κ1) is 34.2. The average molecular weight is 707 g/mol. The number of para-hydroxylation sites is 1. The van der Waals surface area contributed by atoms with E-state index in [1.807, 2.05) is 47.4 Å². The Hall–Kier alpha value is -4.21. The van der Waals surface area contributed by atoms with Crippen LogP contribution in [0.4, 0.5) is 15.3 Å². The highest BCUT2D eigenvalue weighted by Crippen LogP contribution is 2.26. The van der Waals surface area contributed by atoms with Gasteiger partial charge in [0.15, 0.2) is 6.10 Å². The average Bonchev–Trinajstić information content (AvgIpc) is 3.53. The smallest absolute Gasteiger partial charge is 0.410 e. The monoisotopic (exact) mass is 706 g/mol. The molecular formula is C35H46N8O6S. The van der Waals surface area contributed by atoms with Gasteiger partial charge in [0, 0.05) is 88.5 Å². The number of urea groups is 1. The molecule has 0 aliphatic carbocycles. The molecule has 3 saturated heterocycles. The van der Waals surface area contributed by atoms with Crippen molar-refractivity contribution in [1.82, 2.24) is 34.1 Å². The van der Waals surface area contributed by atoms with Crippen molar-refractivity contribution in [3.8, 4) is 0 Å². The third-order valence-electron chi connectivity index (χ3n) is 10.8. The molecule has 1 aromatic heterocycles. The fourth-order valence-corrected chi connectivity index (χ4v) is 8.69. The third kappa shape index (κ3) is 7.59. The Bertz CT molecular complexity index is 1810. The van der Waals surface area contributed by atoms with E-state index in [0.29, 0.717) is 71.7 Å². The number of sulfonamides is 1. The first-order valence-corrected chi connectivity index (χ1v) is 19.5. The molecule has 7 rings (SSSR count). The van der Waals surface area contributed by atoms with E-state index in [0.717, 1.165) is 47.0 Å². The standard InChI is InChI=1S/C35H46N8O6S/c1-50(47,48)42-20-18-39(19-21-42)28-9-13-40(14-10-28)33(44)32(23-25-6-7-31-27(22-25)24-36-38-31)49-35(46)41-15-11-29(12-16-41)43-17-8-26-4-2-3-5-30(26)37-34(43)45/h2-7,22,24,28-29,32H,8-21,23H2,1H3,(H,36,38)(H,37,45)/t32-/m1/s1. The molecule has 2 aromatic carbocycles. The fourth-order valence-electron chi connectivity index (χ4n) is 7.86. The Morgan fingerprint density at radius 3 is 2.34 bits per heavy atom. The first-order chi connectivity index (χ1) is 24.1. The number of nitrogens with zero attached hydrogens (tertiary/aromatic N) is 6. The molecule has 4 aliphatic heterocycles. The van der Waals surface area contributed by atoms with Crippen molar-refractivity contribution in [2.24, 2.45) is 0 Å². The summed E-state index contributed by atoms with van der Waals surface area (Å²) in [6.07, 6.45) is 5.28. The second kappa shape index (κ2) is 14.6. The summed E-state index contributed by atoms with van der Waals surface area (Å²) in [7, 11) is -3.20. The van der Waals surface area contributed by atoms with E-state index in [4.69, 9.17) is 4.74 Å². The number of piperidine rings is 2. The molecule has 0 bridgehead atoms. The van der Waals surface area contributed by atoms with Crippen LogP contribution in [-0.2, 0) is 32.4 Å². The summed E-state index contributed by atoms with van der Waals surface area (Å²) in [5.41, 5.74) is 3.72. The Balaban J connectivity index is 0.971. The lowest BCUT2D eigenvalue weighted by Crippen LogP contribution is -2.55. The van der Waals surface area contributed by atoms with Crippen LogP contribution in [-0.4, -0.2) is 144 Å². The van der Waals surface area contributed by atoms with E-state index < -0.39 is 22.2 Å². The van der Waals surface area contributed by atoms with Crippen molar-refractivity contribution in [3.05, 3.63) is 59.8 Å². The van der Waals surface area contributed by atoms with Crippen LogP contribution in [0.15, 0.2) is 48.7 Å². The number of ether oxygens (including phenoxy) is 1. The van der Waals surface area contributed by atoms with Crippen LogP contribution in [0.25, 0.3) is 10.9 Å². The van der Waals surface area contributed by atoms with Crippen molar-refractivity contribution < 1.29 is 27.5 Å². The van der Waals surface area contributed by atoms with Crippen molar-refractivity contribution in [3.63, 3.8) is 0 Å². The maximum Gasteiger partial charge on any atom is 0.410 e. The maximum atomic E-state index is 14.1. The van der Waals surface area contributed by atoms with Gasteiger partial charge in [0.1, 0.15) is 0 Å². The lowest BCUT2D eigenvalue weighted by atomic mass is 10.00. The number of piperazine rings is 1. The first-order valence-electron chi connectivity index (χ1n) is 17.6. The number of amides is 4. The largest absolute Gasteiger partial charge is 0.436 e. The van der Waals surface area contributed by atoms with Crippen molar-refractivity contribution in [1.29, 1.82) is 0 Å². The van der Waals surface area contributed by atoms with Gasteiger partial charge in [0.2, 0.25) is 10.0 Å². The van der Waals surface area contributed by atoms with Crippen LogP contribution in [0.3, 0.4) is 0 Å². The zero-order valence-electron chi connectivity index (χ0n) is 28.5. The van der Waals surface area contributed by atoms with Crippen LogP contribution >= 0.6 is 0 Å². The number of carbonyl (C=O) groups excluding carboxylic acids is 3. The number of benzene rings is 2. The second-order valence-corrected chi connectivity index (χ2v) is 15.9. The minimum Gasteiger partial charge on any atom is -0.436 e. The van der Waals surface area contributed by atoms with E-state index in [9.17, 15) is 22.8 Å². The lowest BCUT2D eigenvalue weighted by molar-refractivity contribution is -0.142. The molecule has 5 heterocycles. The summed E-state index contributed by atoms with van der Waals surface area (Å²) in [5, 5.41) is 11.0. The number of nitrogens with one attached hydrogen (secondary N) is 2. The van der Waals surface area contributed by atoms with E-state index in [1.165, 1.54) is 10.6 Å². The highest BCUT2D eigenvalue weighted by molar-refractivity contribution is 7.88. The van der Waals surface area contributed by atoms with Gasteiger partial charge in [-0.1, -0.05) is 24.3 Å². The molecule has 0 saturated carbocycles. The molecule has 0 radical (unpaired) electrons. The number of aromatic amines is 1. The number of anilines is 1. The number of fused-ring (bicyclic) bond motifs is 2. The van der Waals surface area contributed by atoms with Crippen molar-refractivity contribution in [2.45, 2.75) is 56.7 Å². The van der Waals surface area contributed by atoms with Gasteiger partial charge in [-0.2, -0.15) is 9.40 Å². The molecule has 2 N–H and O–H groups in total. The quantitative estimate of drug-likeness (QED) is 0.381. The highest BCUT2D eigenvalue weighted by Gasteiger charge is 2.37. The van der Waals surface area contributed by atoms with Crippen molar-refractivity contribution >= 4 is 44.6 Å². The Morgan fingerprint density at radius 2 is 1.60 bits per heavy atom. The molecule has 0 unspecified atom stereocenters. The number of carbonyl (C=O) groups is 3. The summed E-state index contributed by atoms with van der Waals surface area (Å²) in [6.45, 7) is 4.87. The number of H-pyrrole nitrogens is 1. The van der Waals surface area contributed by atoms with Crippen LogP contribution in [0, 0.1) is 0 Å². The molecule has 50 heavy (non-hydrogen) atoms. The summed E-state index contributed by atoms with van der Waals surface area (Å²) in [4.78, 5) is 48.5. The van der Waals surface area contributed by atoms with Gasteiger partial charge in [0.05, 0.1) is 18.0 Å². The number of rotatable bonds is 7. The van der Waals surface area contributed by atoms with Crippen molar-refractivity contribution in [2.75, 3.05) is 70.5 Å². The number of likely N-dealkylation sites (tertiary alicyclic amines) is 2. The molecule has 3 aromatic rings. The minimum absolute atomic E-state index is 0.00289. The Morgan fingerprint density at radius 1 is 0.900 bits per heavy atom. The van der Waals surface area contributed by atoms with Gasteiger partial charge in [-0.3, -0.25) is 14.8 Å². The highest BCUT2D eigenvalue weighted by atomic mass is 32.2. The minimum atomic E-state index is -3.20. The molecule has 0 spiro atoms. The van der Waals surface area contributed by atoms with Gasteiger partial charge in [-0.15, -0.1) is 0 Å². The molecule has 4 aliphatic rings. The molecule has 3 fully saturated rings. The molecule has 14 nitrogen and oxygen atoms in total. The number of hydrogen-bond donors (Lipinski definition) is 2. The Kier molecular flexibility index (Phi) is 9.98. The number of hydrogen-bond acceptors (Lipinski definition) is 8. The van der Waals surface area contributed by atoms with Crippen LogP contribution in [0.5, 0.6) is 0 Å². The molecule has 15 heteroatoms. The van der Waals surface area contributed by atoms with Crippen LogP contribution in [0.1, 0.15) is 36.8 Å². The third-order valence-corrected chi connectivity index (χ3v) is 12.1. The SMILES string of the molecule is CS(=O)(=O)N1CCN(C2CCN(C(=O)[C@@H](Cc3ccc4[nH]ncc4c3)OC(=O)N3CCC(N4CCc5ccccc5NC4=O)CC3)CC2)CC1. The Labute approximate surface area is 292 Å². The molecule has 4 amide bonds. The van der Waals surface area contributed by atoms with Crippen LogP contribution in [0.2, 0.25) is 0 Å². The normalized spacial score (nSPS) is 21.1. The zero-order valence-corrected chi connectivity index (χ0v) is 29.3. The second-order valence-electron chi connectivity index (χ2n) is 13.9. The lowest BCUT2D eigenvalue weighted by Gasteiger charge is -2.42. The van der Waals surface area contributed by atoms with E-state index in [-0.39, 0.29) is 30.4 Å². The van der Waals surface area contributed by atoms with Gasteiger partial charge < -0.3 is 24.8 Å². The van der Waals surface area contributed by atoms with Gasteiger partial charge in [-0.25, -0.2) is 18.0 Å². The van der Waals surface area contributed by atoms with Gasteiger partial charge >= 0.3 is 12.1 Å². The number of aromatic nitrogens is 2. The molecular weight excluding hydrogens is 661 g/mol. The maximum absolute atomic E-state index is 14.1. The fraction of sp³-hybridized carbons (Fsp3) is 0.543. The van der Waals surface area contributed by atoms with E-state index >= 15 is 0 Å². The zero-order chi connectivity index (χ0) is 34.8. The van der Waals surface area contributed by atoms with Gasteiger partial charge in [0.25, 0.3) is 5.91 Å².